The first-order chi connectivity index (χ1) is 16.6. The van der Waals surface area contributed by atoms with E-state index >= 15 is 0 Å². The minimum Gasteiger partial charge on any atom is -0.487 e. The zero-order valence-electron chi connectivity index (χ0n) is 18.2. The number of benzene rings is 3. The lowest BCUT2D eigenvalue weighted by molar-refractivity contribution is -0.116. The maximum absolute atomic E-state index is 12.3. The standard InChI is InChI=1S/C26H20N4O4/c31-24-10-7-17-5-8-20(12-23(17)27-24)33-15-19-14-30(29-28-19)13-18-11-25(32)34-26-21-4-2-1-3-16(21)6-9-22(18)26/h1-6,8-9,11-12,14H,7,10,13,15H2,(H,27,31). The number of aromatic nitrogens is 3. The summed E-state index contributed by atoms with van der Waals surface area (Å²) in [5, 5.41) is 14.0. The zero-order valence-corrected chi connectivity index (χ0v) is 18.2. The molecule has 6 rings (SSSR count). The Morgan fingerprint density at radius 3 is 2.85 bits per heavy atom. The largest absolute Gasteiger partial charge is 0.487 e. The lowest BCUT2D eigenvalue weighted by Crippen LogP contribution is -2.18. The normalized spacial score (nSPS) is 13.1. The highest BCUT2D eigenvalue weighted by Gasteiger charge is 2.15. The van der Waals surface area contributed by atoms with Gasteiger partial charge in [-0.05, 0) is 29.0 Å². The molecule has 1 N–H and O–H groups in total. The number of anilines is 1. The summed E-state index contributed by atoms with van der Waals surface area (Å²) in [5.41, 5.74) is 3.52. The number of fused-ring (bicyclic) bond motifs is 4. The number of aryl methyl sites for hydroxylation is 1. The quantitative estimate of drug-likeness (QED) is 0.319. The van der Waals surface area contributed by atoms with E-state index < -0.39 is 5.63 Å². The number of hydrogen-bond acceptors (Lipinski definition) is 6. The van der Waals surface area contributed by atoms with Crippen LogP contribution in [-0.2, 0) is 24.4 Å². The van der Waals surface area contributed by atoms with Crippen molar-refractivity contribution in [2.24, 2.45) is 0 Å². The highest BCUT2D eigenvalue weighted by molar-refractivity contribution is 6.04. The monoisotopic (exact) mass is 452 g/mol. The van der Waals surface area contributed by atoms with Crippen LogP contribution in [0, 0.1) is 0 Å². The van der Waals surface area contributed by atoms with Crippen molar-refractivity contribution < 1.29 is 13.9 Å². The van der Waals surface area contributed by atoms with Gasteiger partial charge in [0.2, 0.25) is 5.91 Å². The lowest BCUT2D eigenvalue weighted by atomic mass is 10.0. The van der Waals surface area contributed by atoms with Gasteiger partial charge in [0.15, 0.2) is 0 Å². The van der Waals surface area contributed by atoms with Crippen LogP contribution in [-0.4, -0.2) is 20.9 Å². The van der Waals surface area contributed by atoms with E-state index in [2.05, 4.69) is 15.6 Å². The highest BCUT2D eigenvalue weighted by atomic mass is 16.5. The van der Waals surface area contributed by atoms with Gasteiger partial charge in [-0.2, -0.15) is 0 Å². The molecule has 0 atom stereocenters. The summed E-state index contributed by atoms with van der Waals surface area (Å²) in [6.07, 6.45) is 3.03. The molecule has 1 amide bonds. The van der Waals surface area contributed by atoms with Gasteiger partial charge >= 0.3 is 5.63 Å². The van der Waals surface area contributed by atoms with E-state index in [1.807, 2.05) is 54.6 Å². The summed E-state index contributed by atoms with van der Waals surface area (Å²) < 4.78 is 13.1. The number of carbonyl (C=O) groups excluding carboxylic acids is 1. The fourth-order valence-electron chi connectivity index (χ4n) is 4.34. The molecule has 2 aromatic heterocycles. The third-order valence-corrected chi connectivity index (χ3v) is 6.00. The molecule has 0 radical (unpaired) electrons. The molecule has 1 aliphatic rings. The number of carbonyl (C=O) groups is 1. The molecule has 34 heavy (non-hydrogen) atoms. The molecule has 3 heterocycles. The van der Waals surface area contributed by atoms with E-state index in [1.165, 1.54) is 6.07 Å². The number of hydrogen-bond donors (Lipinski definition) is 1. The van der Waals surface area contributed by atoms with E-state index in [0.29, 0.717) is 30.0 Å². The molecule has 0 unspecified atom stereocenters. The summed E-state index contributed by atoms with van der Waals surface area (Å²) in [6, 6.07) is 19.0. The molecule has 8 nitrogen and oxygen atoms in total. The number of amides is 1. The van der Waals surface area contributed by atoms with Crippen molar-refractivity contribution in [2.75, 3.05) is 5.32 Å². The van der Waals surface area contributed by atoms with Crippen LogP contribution in [0.1, 0.15) is 23.2 Å². The second-order valence-corrected chi connectivity index (χ2v) is 8.32. The fraction of sp³-hybridized carbons (Fsp3) is 0.154. The Labute approximate surface area is 193 Å². The van der Waals surface area contributed by atoms with Crippen LogP contribution in [0.3, 0.4) is 0 Å². The van der Waals surface area contributed by atoms with Crippen LogP contribution in [0.4, 0.5) is 5.69 Å². The summed E-state index contributed by atoms with van der Waals surface area (Å²) in [4.78, 5) is 23.9. The van der Waals surface area contributed by atoms with E-state index in [-0.39, 0.29) is 12.5 Å². The van der Waals surface area contributed by atoms with Crippen LogP contribution >= 0.6 is 0 Å². The van der Waals surface area contributed by atoms with Gasteiger partial charge in [-0.1, -0.05) is 47.7 Å². The zero-order chi connectivity index (χ0) is 23.1. The predicted octanol–water partition coefficient (Wildman–Crippen LogP) is 4.05. The van der Waals surface area contributed by atoms with Gasteiger partial charge in [0, 0.05) is 35.0 Å². The molecule has 0 spiro atoms. The average molecular weight is 452 g/mol. The Bertz CT molecular complexity index is 1620. The lowest BCUT2D eigenvalue weighted by Gasteiger charge is -2.17. The van der Waals surface area contributed by atoms with Crippen LogP contribution in [0.5, 0.6) is 5.75 Å². The van der Waals surface area contributed by atoms with Crippen molar-refractivity contribution in [1.82, 2.24) is 15.0 Å². The summed E-state index contributed by atoms with van der Waals surface area (Å²) in [7, 11) is 0. The van der Waals surface area contributed by atoms with Gasteiger partial charge < -0.3 is 14.5 Å². The molecule has 0 saturated carbocycles. The topological polar surface area (TPSA) is 99.2 Å². The second kappa shape index (κ2) is 8.15. The smallest absolute Gasteiger partial charge is 0.336 e. The third kappa shape index (κ3) is 3.79. The molecule has 5 aromatic rings. The van der Waals surface area contributed by atoms with E-state index in [9.17, 15) is 9.59 Å². The van der Waals surface area contributed by atoms with Crippen molar-refractivity contribution >= 4 is 33.3 Å². The van der Waals surface area contributed by atoms with Gasteiger partial charge in [-0.15, -0.1) is 5.10 Å². The van der Waals surface area contributed by atoms with Crippen molar-refractivity contribution in [3.8, 4) is 5.75 Å². The van der Waals surface area contributed by atoms with Gasteiger partial charge in [0.1, 0.15) is 23.6 Å². The third-order valence-electron chi connectivity index (χ3n) is 6.00. The highest BCUT2D eigenvalue weighted by Crippen LogP contribution is 2.28. The Balaban J connectivity index is 1.22. The number of ether oxygens (including phenoxy) is 1. The molecule has 0 fully saturated rings. The molecule has 8 heteroatoms. The van der Waals surface area contributed by atoms with Crippen molar-refractivity contribution in [1.29, 1.82) is 0 Å². The molecule has 0 bridgehead atoms. The van der Waals surface area contributed by atoms with Crippen molar-refractivity contribution in [3.63, 3.8) is 0 Å². The first-order valence-electron chi connectivity index (χ1n) is 11.0. The SMILES string of the molecule is O=C1CCc2ccc(OCc3cn(Cc4cc(=O)oc5c4ccc4ccccc45)nn3)cc2N1. The average Bonchev–Trinajstić information content (AvgIpc) is 3.29. The van der Waals surface area contributed by atoms with Crippen LogP contribution in [0.2, 0.25) is 0 Å². The number of nitrogens with one attached hydrogen (secondary N) is 1. The first-order valence-corrected chi connectivity index (χ1v) is 11.0. The van der Waals surface area contributed by atoms with E-state index in [4.69, 9.17) is 9.15 Å². The Morgan fingerprint density at radius 1 is 1.00 bits per heavy atom. The van der Waals surface area contributed by atoms with Crippen LogP contribution in [0.15, 0.2) is 76.1 Å². The Kier molecular flexibility index (Phi) is 4.83. The molecule has 1 aliphatic heterocycles. The molecule has 0 aliphatic carbocycles. The van der Waals surface area contributed by atoms with E-state index in [1.54, 1.807) is 10.9 Å². The van der Waals surface area contributed by atoms with Crippen molar-refractivity contribution in [2.45, 2.75) is 26.0 Å². The van der Waals surface area contributed by atoms with Gasteiger partial charge in [0.05, 0.1) is 12.7 Å². The number of rotatable bonds is 5. The minimum absolute atomic E-state index is 0.0167. The Hall–Kier alpha value is -4.46. The maximum Gasteiger partial charge on any atom is 0.336 e. The maximum atomic E-state index is 12.3. The van der Waals surface area contributed by atoms with Gasteiger partial charge in [-0.25, -0.2) is 9.48 Å². The molecule has 3 aromatic carbocycles. The van der Waals surface area contributed by atoms with Crippen LogP contribution < -0.4 is 15.7 Å². The second-order valence-electron chi connectivity index (χ2n) is 8.32. The van der Waals surface area contributed by atoms with Crippen molar-refractivity contribution in [3.05, 3.63) is 94.1 Å². The molecule has 168 valence electrons. The molecular weight excluding hydrogens is 432 g/mol. The fourth-order valence-corrected chi connectivity index (χ4v) is 4.34. The summed E-state index contributed by atoms with van der Waals surface area (Å²) >= 11 is 0. The Morgan fingerprint density at radius 2 is 1.91 bits per heavy atom. The van der Waals surface area contributed by atoms with Gasteiger partial charge in [0.25, 0.3) is 0 Å². The van der Waals surface area contributed by atoms with Gasteiger partial charge in [-0.3, -0.25) is 4.79 Å². The predicted molar refractivity (Wildman–Crippen MR) is 127 cm³/mol. The molecule has 0 saturated heterocycles. The minimum atomic E-state index is -0.401. The summed E-state index contributed by atoms with van der Waals surface area (Å²) in [5.74, 6) is 0.664. The molecular formula is C26H20N4O4. The first kappa shape index (κ1) is 20.2. The summed E-state index contributed by atoms with van der Waals surface area (Å²) in [6.45, 7) is 0.605. The number of nitrogens with zero attached hydrogens (tertiary/aromatic N) is 3. The van der Waals surface area contributed by atoms with E-state index in [0.717, 1.165) is 39.4 Å². The van der Waals surface area contributed by atoms with Crippen LogP contribution in [0.25, 0.3) is 21.7 Å².